The fraction of sp³-hybridized carbons (Fsp3) is 0.167. The summed E-state index contributed by atoms with van der Waals surface area (Å²) in [5.74, 6) is 0.256. The van der Waals surface area contributed by atoms with Gasteiger partial charge in [-0.1, -0.05) is 18.2 Å². The molecule has 5 rings (SSSR count). The number of imidazole rings is 1. The Kier molecular flexibility index (Phi) is 4.63. The van der Waals surface area contributed by atoms with Gasteiger partial charge in [-0.25, -0.2) is 13.4 Å². The topological polar surface area (TPSA) is 80.5 Å². The van der Waals surface area contributed by atoms with Crippen LogP contribution in [0.15, 0.2) is 82.7 Å². The van der Waals surface area contributed by atoms with Crippen molar-refractivity contribution in [1.82, 2.24) is 9.38 Å². The highest BCUT2D eigenvalue weighted by Gasteiger charge is 2.28. The van der Waals surface area contributed by atoms with E-state index in [4.69, 9.17) is 4.98 Å². The molecule has 31 heavy (non-hydrogen) atoms. The first-order valence-electron chi connectivity index (χ1n) is 10.1. The third-order valence-corrected chi connectivity index (χ3v) is 7.38. The summed E-state index contributed by atoms with van der Waals surface area (Å²) in [5, 5.41) is 2.88. The molecule has 1 aliphatic carbocycles. The van der Waals surface area contributed by atoms with E-state index in [1.165, 1.54) is 37.1 Å². The first kappa shape index (κ1) is 19.5. The van der Waals surface area contributed by atoms with E-state index in [0.29, 0.717) is 17.2 Å². The van der Waals surface area contributed by atoms with Crippen LogP contribution in [0.25, 0.3) is 5.65 Å². The van der Waals surface area contributed by atoms with Crippen molar-refractivity contribution in [3.63, 3.8) is 0 Å². The van der Waals surface area contributed by atoms with Crippen molar-refractivity contribution in [1.29, 1.82) is 0 Å². The fourth-order valence-electron chi connectivity index (χ4n) is 3.72. The lowest BCUT2D eigenvalue weighted by molar-refractivity contribution is 0.102. The summed E-state index contributed by atoms with van der Waals surface area (Å²) >= 11 is 0. The van der Waals surface area contributed by atoms with Crippen LogP contribution in [0.5, 0.6) is 0 Å². The molecular weight excluding hydrogens is 410 g/mol. The SMILES string of the molecule is Cc1c(C2CC2)nc2ccc(NC(=O)c3ccc(S(=O)(=O)c4ccccc4)cc3)cn12. The number of hydrogen-bond acceptors (Lipinski definition) is 4. The quantitative estimate of drug-likeness (QED) is 0.501. The van der Waals surface area contributed by atoms with Gasteiger partial charge in [-0.05, 0) is 68.3 Å². The zero-order valence-corrected chi connectivity index (χ0v) is 17.8. The number of aryl methyl sites for hydroxylation is 1. The van der Waals surface area contributed by atoms with Gasteiger partial charge in [-0.2, -0.15) is 0 Å². The Bertz CT molecular complexity index is 1390. The average Bonchev–Trinajstić information content (AvgIpc) is 3.58. The standard InChI is InChI=1S/C24H21N3O3S/c1-16-23(17-7-8-17)26-22-14-11-19(15-27(16)22)25-24(28)18-9-12-21(13-10-18)31(29,30)20-5-3-2-4-6-20/h2-6,9-15,17H,7-8H2,1H3,(H,25,28). The zero-order valence-electron chi connectivity index (χ0n) is 16.9. The van der Waals surface area contributed by atoms with Gasteiger partial charge in [0, 0.05) is 23.4 Å². The molecule has 1 saturated carbocycles. The van der Waals surface area contributed by atoms with E-state index in [0.717, 1.165) is 17.0 Å². The number of rotatable bonds is 5. The molecule has 4 aromatic rings. The molecule has 0 unspecified atom stereocenters. The first-order valence-corrected chi connectivity index (χ1v) is 11.6. The number of pyridine rings is 1. The van der Waals surface area contributed by atoms with Crippen LogP contribution in [-0.2, 0) is 9.84 Å². The van der Waals surface area contributed by atoms with Crippen molar-refractivity contribution in [2.75, 3.05) is 5.32 Å². The summed E-state index contributed by atoms with van der Waals surface area (Å²) in [6.45, 7) is 2.05. The molecular formula is C24H21N3O3S. The van der Waals surface area contributed by atoms with Gasteiger partial charge in [-0.3, -0.25) is 4.79 Å². The number of carbonyl (C=O) groups is 1. The molecule has 2 heterocycles. The van der Waals surface area contributed by atoms with E-state index >= 15 is 0 Å². The van der Waals surface area contributed by atoms with Gasteiger partial charge in [0.25, 0.3) is 5.91 Å². The third kappa shape index (κ3) is 3.61. The monoisotopic (exact) mass is 431 g/mol. The summed E-state index contributed by atoms with van der Waals surface area (Å²) in [7, 11) is -3.61. The first-order chi connectivity index (χ1) is 14.9. The normalized spacial score (nSPS) is 14.0. The highest BCUT2D eigenvalue weighted by Crippen LogP contribution is 2.41. The number of amides is 1. The maximum Gasteiger partial charge on any atom is 0.255 e. The van der Waals surface area contributed by atoms with Crippen molar-refractivity contribution in [2.45, 2.75) is 35.5 Å². The van der Waals surface area contributed by atoms with Gasteiger partial charge in [0.05, 0.1) is 21.2 Å². The molecule has 1 fully saturated rings. The minimum absolute atomic E-state index is 0.151. The van der Waals surface area contributed by atoms with E-state index in [-0.39, 0.29) is 15.7 Å². The average molecular weight is 432 g/mol. The Morgan fingerprint density at radius 1 is 0.968 bits per heavy atom. The molecule has 0 atom stereocenters. The molecule has 156 valence electrons. The smallest absolute Gasteiger partial charge is 0.255 e. The zero-order chi connectivity index (χ0) is 21.6. The molecule has 0 bridgehead atoms. The number of carbonyl (C=O) groups excluding carboxylic acids is 1. The maximum atomic E-state index is 12.7. The second-order valence-corrected chi connectivity index (χ2v) is 9.75. The van der Waals surface area contributed by atoms with Crippen LogP contribution >= 0.6 is 0 Å². The van der Waals surface area contributed by atoms with Crippen LogP contribution in [0, 0.1) is 6.92 Å². The Morgan fingerprint density at radius 3 is 2.32 bits per heavy atom. The van der Waals surface area contributed by atoms with Crippen molar-refractivity contribution < 1.29 is 13.2 Å². The lowest BCUT2D eigenvalue weighted by Gasteiger charge is -2.08. The summed E-state index contributed by atoms with van der Waals surface area (Å²) in [4.78, 5) is 17.8. The van der Waals surface area contributed by atoms with Gasteiger partial charge in [-0.15, -0.1) is 0 Å². The Labute approximate surface area is 180 Å². The minimum Gasteiger partial charge on any atom is -0.321 e. The lowest BCUT2D eigenvalue weighted by atomic mass is 10.2. The lowest BCUT2D eigenvalue weighted by Crippen LogP contribution is -2.12. The Balaban J connectivity index is 1.36. The van der Waals surface area contributed by atoms with Crippen LogP contribution in [0.3, 0.4) is 0 Å². The molecule has 7 heteroatoms. The van der Waals surface area contributed by atoms with Crippen molar-refractivity contribution in [3.8, 4) is 0 Å². The predicted molar refractivity (Wildman–Crippen MR) is 118 cm³/mol. The van der Waals surface area contributed by atoms with Gasteiger partial charge >= 0.3 is 0 Å². The molecule has 1 N–H and O–H groups in total. The molecule has 2 aromatic heterocycles. The number of benzene rings is 2. The highest BCUT2D eigenvalue weighted by atomic mass is 32.2. The molecule has 6 nitrogen and oxygen atoms in total. The number of hydrogen-bond donors (Lipinski definition) is 1. The highest BCUT2D eigenvalue weighted by molar-refractivity contribution is 7.91. The van der Waals surface area contributed by atoms with E-state index in [1.54, 1.807) is 30.3 Å². The van der Waals surface area contributed by atoms with Crippen molar-refractivity contribution in [3.05, 3.63) is 89.9 Å². The van der Waals surface area contributed by atoms with Gasteiger partial charge in [0.2, 0.25) is 9.84 Å². The van der Waals surface area contributed by atoms with Crippen molar-refractivity contribution >= 4 is 27.1 Å². The summed E-state index contributed by atoms with van der Waals surface area (Å²) in [6, 6.07) is 17.9. The number of nitrogens with zero attached hydrogens (tertiary/aromatic N) is 2. The van der Waals surface area contributed by atoms with E-state index < -0.39 is 9.84 Å². The van der Waals surface area contributed by atoms with Crippen LogP contribution in [0.2, 0.25) is 0 Å². The van der Waals surface area contributed by atoms with Crippen LogP contribution in [0.4, 0.5) is 5.69 Å². The summed E-state index contributed by atoms with van der Waals surface area (Å²) in [6.07, 6.45) is 4.24. The number of nitrogens with one attached hydrogen (secondary N) is 1. The number of anilines is 1. The Hall–Kier alpha value is -3.45. The number of aromatic nitrogens is 2. The molecule has 0 saturated heterocycles. The molecule has 1 aliphatic rings. The van der Waals surface area contributed by atoms with Crippen molar-refractivity contribution in [2.24, 2.45) is 0 Å². The van der Waals surface area contributed by atoms with E-state index in [9.17, 15) is 13.2 Å². The van der Waals surface area contributed by atoms with E-state index in [1.807, 2.05) is 29.7 Å². The predicted octanol–water partition coefficient (Wildman–Crippen LogP) is 4.61. The second kappa shape index (κ2) is 7.35. The van der Waals surface area contributed by atoms with Gasteiger partial charge in [0.1, 0.15) is 5.65 Å². The van der Waals surface area contributed by atoms with E-state index in [2.05, 4.69) is 5.32 Å². The van der Waals surface area contributed by atoms with Crippen LogP contribution in [0.1, 0.15) is 40.5 Å². The largest absolute Gasteiger partial charge is 0.321 e. The molecule has 0 radical (unpaired) electrons. The third-order valence-electron chi connectivity index (χ3n) is 5.60. The van der Waals surface area contributed by atoms with Crippen LogP contribution in [-0.4, -0.2) is 23.7 Å². The van der Waals surface area contributed by atoms with Crippen LogP contribution < -0.4 is 5.32 Å². The second-order valence-electron chi connectivity index (χ2n) is 7.80. The number of sulfone groups is 1. The molecule has 2 aromatic carbocycles. The molecule has 0 aliphatic heterocycles. The molecule has 1 amide bonds. The summed E-state index contributed by atoms with van der Waals surface area (Å²) in [5.41, 5.74) is 4.14. The summed E-state index contributed by atoms with van der Waals surface area (Å²) < 4.78 is 27.4. The minimum atomic E-state index is -3.61. The Morgan fingerprint density at radius 2 is 1.65 bits per heavy atom. The maximum absolute atomic E-state index is 12.7. The van der Waals surface area contributed by atoms with Gasteiger partial charge < -0.3 is 9.72 Å². The number of fused-ring (bicyclic) bond motifs is 1. The van der Waals surface area contributed by atoms with Gasteiger partial charge in [0.15, 0.2) is 0 Å². The fourth-order valence-corrected chi connectivity index (χ4v) is 5.00. The molecule has 0 spiro atoms.